The Bertz CT molecular complexity index is 2570. The molecule has 0 aliphatic heterocycles. The summed E-state index contributed by atoms with van der Waals surface area (Å²) in [6, 6.07) is 48.2. The lowest BCUT2D eigenvalue weighted by molar-refractivity contribution is 0.866. The predicted octanol–water partition coefficient (Wildman–Crippen LogP) is 15.3. The zero-order chi connectivity index (χ0) is 37.1. The molecule has 0 bridgehead atoms. The van der Waals surface area contributed by atoms with Gasteiger partial charge in [-0.25, -0.2) is 0 Å². The van der Waals surface area contributed by atoms with Gasteiger partial charge in [0.2, 0.25) is 0 Å². The molecule has 0 aliphatic carbocycles. The highest BCUT2D eigenvalue weighted by Crippen LogP contribution is 2.50. The minimum absolute atomic E-state index is 0.472. The van der Waals surface area contributed by atoms with Gasteiger partial charge >= 0.3 is 0 Å². The number of nitrogens with zero attached hydrogens (tertiary/aromatic N) is 2. The highest BCUT2D eigenvalue weighted by molar-refractivity contribution is 6.28. The molecule has 2 heteroatoms. The second-order valence-corrected chi connectivity index (χ2v) is 15.7. The van der Waals surface area contributed by atoms with Crippen LogP contribution in [0.5, 0.6) is 0 Å². The largest absolute Gasteiger partial charge is 0.309 e. The van der Waals surface area contributed by atoms with E-state index in [2.05, 4.69) is 200 Å². The Balaban J connectivity index is 1.43. The first kappa shape index (κ1) is 34.5. The second-order valence-electron chi connectivity index (χ2n) is 15.7. The van der Waals surface area contributed by atoms with Crippen molar-refractivity contribution in [3.63, 3.8) is 0 Å². The molecular formula is C51H50N2. The van der Waals surface area contributed by atoms with Gasteiger partial charge in [-0.2, -0.15) is 0 Å². The van der Waals surface area contributed by atoms with Gasteiger partial charge in [0.1, 0.15) is 0 Å². The van der Waals surface area contributed by atoms with Crippen molar-refractivity contribution in [3.05, 3.63) is 166 Å². The van der Waals surface area contributed by atoms with E-state index in [0.29, 0.717) is 11.8 Å². The first-order chi connectivity index (χ1) is 25.5. The zero-order valence-corrected chi connectivity index (χ0v) is 32.7. The van der Waals surface area contributed by atoms with Crippen molar-refractivity contribution < 1.29 is 0 Å². The molecule has 0 amide bonds. The Labute approximate surface area is 315 Å². The SMILES string of the molecule is Cc1cccc(C)c1N(c1ccc(C(C)C)cc1)c1ccc2ccc3c(N(c4ccc(C(C)C)cc4)c4c(C)cccc4C)cc(C)c4ccc1c2c43. The standard InChI is InChI=1S/C51H50N2/c1-31(2)38-16-22-41(23-17-38)52(50-33(5)12-10-13-34(50)6)46-29-21-40-20-26-45-47(30-37(9)43-27-28-44(46)48(40)49(43)45)53(51-35(7)14-11-15-36(51)8)42-24-18-39(19-25-42)32(3)4/h10-32H,1-9H3. The van der Waals surface area contributed by atoms with Gasteiger partial charge in [-0.3, -0.25) is 0 Å². The maximum absolute atomic E-state index is 2.51. The summed E-state index contributed by atoms with van der Waals surface area (Å²) in [5.41, 5.74) is 16.2. The maximum Gasteiger partial charge on any atom is 0.0543 e. The van der Waals surface area contributed by atoms with E-state index in [1.165, 1.54) is 105 Å². The van der Waals surface area contributed by atoms with Crippen molar-refractivity contribution in [3.8, 4) is 0 Å². The molecule has 0 unspecified atom stereocenters. The van der Waals surface area contributed by atoms with E-state index in [1.807, 2.05) is 0 Å². The topological polar surface area (TPSA) is 6.48 Å². The van der Waals surface area contributed by atoms with Crippen molar-refractivity contribution in [1.82, 2.24) is 0 Å². The molecule has 0 heterocycles. The number of anilines is 6. The Morgan fingerprint density at radius 3 is 1.28 bits per heavy atom. The maximum atomic E-state index is 2.51. The molecule has 8 rings (SSSR count). The molecule has 2 nitrogen and oxygen atoms in total. The highest BCUT2D eigenvalue weighted by Gasteiger charge is 2.25. The van der Waals surface area contributed by atoms with Crippen LogP contribution in [-0.2, 0) is 0 Å². The predicted molar refractivity (Wildman–Crippen MR) is 231 cm³/mol. The quantitative estimate of drug-likeness (QED) is 0.146. The van der Waals surface area contributed by atoms with Crippen LogP contribution in [-0.4, -0.2) is 0 Å². The lowest BCUT2D eigenvalue weighted by Gasteiger charge is -2.32. The summed E-state index contributed by atoms with van der Waals surface area (Å²) in [5, 5.41) is 7.71. The Morgan fingerprint density at radius 2 is 0.792 bits per heavy atom. The molecule has 8 aromatic rings. The minimum atomic E-state index is 0.472. The summed E-state index contributed by atoms with van der Waals surface area (Å²) in [7, 11) is 0. The fourth-order valence-electron chi connectivity index (χ4n) is 8.53. The van der Waals surface area contributed by atoms with Crippen LogP contribution >= 0.6 is 0 Å². The van der Waals surface area contributed by atoms with Crippen LogP contribution in [0.1, 0.15) is 78.5 Å². The summed E-state index contributed by atoms with van der Waals surface area (Å²) >= 11 is 0. The lowest BCUT2D eigenvalue weighted by atomic mass is 9.89. The molecule has 264 valence electrons. The molecule has 0 aliphatic rings. The highest BCUT2D eigenvalue weighted by atomic mass is 15.2. The number of hydrogen-bond acceptors (Lipinski definition) is 2. The van der Waals surface area contributed by atoms with Crippen molar-refractivity contribution in [2.75, 3.05) is 9.80 Å². The van der Waals surface area contributed by atoms with Gasteiger partial charge in [-0.1, -0.05) is 119 Å². The van der Waals surface area contributed by atoms with E-state index in [0.717, 1.165) is 0 Å². The van der Waals surface area contributed by atoms with Crippen molar-refractivity contribution >= 4 is 66.4 Å². The monoisotopic (exact) mass is 690 g/mol. The van der Waals surface area contributed by atoms with Crippen LogP contribution in [0.2, 0.25) is 0 Å². The van der Waals surface area contributed by atoms with Gasteiger partial charge < -0.3 is 9.80 Å². The van der Waals surface area contributed by atoms with Crippen LogP contribution < -0.4 is 9.80 Å². The van der Waals surface area contributed by atoms with E-state index >= 15 is 0 Å². The number of rotatable bonds is 8. The van der Waals surface area contributed by atoms with Crippen molar-refractivity contribution in [2.24, 2.45) is 0 Å². The third-order valence-corrected chi connectivity index (χ3v) is 11.4. The normalized spacial score (nSPS) is 11.8. The van der Waals surface area contributed by atoms with Gasteiger partial charge in [0, 0.05) is 22.1 Å². The van der Waals surface area contributed by atoms with Gasteiger partial charge in [-0.05, 0) is 143 Å². The molecule has 0 aromatic heterocycles. The number of aryl methyl sites for hydroxylation is 5. The number of para-hydroxylation sites is 2. The first-order valence-corrected chi connectivity index (χ1v) is 19.2. The first-order valence-electron chi connectivity index (χ1n) is 19.2. The molecule has 8 aromatic carbocycles. The van der Waals surface area contributed by atoms with E-state index in [-0.39, 0.29) is 0 Å². The third kappa shape index (κ3) is 5.82. The lowest BCUT2D eigenvalue weighted by Crippen LogP contribution is -2.14. The molecule has 0 atom stereocenters. The number of hydrogen-bond donors (Lipinski definition) is 0. The van der Waals surface area contributed by atoms with Crippen molar-refractivity contribution in [2.45, 2.75) is 74.1 Å². The Hall–Kier alpha value is -5.60. The van der Waals surface area contributed by atoms with Crippen LogP contribution in [0.4, 0.5) is 34.1 Å². The van der Waals surface area contributed by atoms with E-state index in [4.69, 9.17) is 0 Å². The molecule has 0 spiro atoms. The molecule has 0 saturated heterocycles. The van der Waals surface area contributed by atoms with Crippen LogP contribution in [0, 0.1) is 34.6 Å². The summed E-state index contributed by atoms with van der Waals surface area (Å²) < 4.78 is 0. The summed E-state index contributed by atoms with van der Waals surface area (Å²) in [6.07, 6.45) is 0. The van der Waals surface area contributed by atoms with Gasteiger partial charge in [-0.15, -0.1) is 0 Å². The van der Waals surface area contributed by atoms with Crippen molar-refractivity contribution in [1.29, 1.82) is 0 Å². The van der Waals surface area contributed by atoms with E-state index in [1.54, 1.807) is 0 Å². The fraction of sp³-hybridized carbons (Fsp3) is 0.216. The summed E-state index contributed by atoms with van der Waals surface area (Å²) in [6.45, 7) is 20.3. The Kier molecular flexibility index (Phi) is 8.74. The Morgan fingerprint density at radius 1 is 0.377 bits per heavy atom. The summed E-state index contributed by atoms with van der Waals surface area (Å²) in [4.78, 5) is 5.00. The second kappa shape index (κ2) is 13.4. The smallest absolute Gasteiger partial charge is 0.0543 e. The summed E-state index contributed by atoms with van der Waals surface area (Å²) in [5.74, 6) is 0.945. The number of benzene rings is 8. The molecule has 0 fully saturated rings. The average molecular weight is 691 g/mol. The van der Waals surface area contributed by atoms with Crippen LogP contribution in [0.15, 0.2) is 127 Å². The van der Waals surface area contributed by atoms with Crippen LogP contribution in [0.25, 0.3) is 32.3 Å². The van der Waals surface area contributed by atoms with E-state index < -0.39 is 0 Å². The van der Waals surface area contributed by atoms with Crippen LogP contribution in [0.3, 0.4) is 0 Å². The molecule has 0 saturated carbocycles. The minimum Gasteiger partial charge on any atom is -0.309 e. The van der Waals surface area contributed by atoms with Gasteiger partial charge in [0.05, 0.1) is 22.7 Å². The third-order valence-electron chi connectivity index (χ3n) is 11.4. The van der Waals surface area contributed by atoms with Gasteiger partial charge in [0.25, 0.3) is 0 Å². The fourth-order valence-corrected chi connectivity index (χ4v) is 8.53. The molecule has 53 heavy (non-hydrogen) atoms. The van der Waals surface area contributed by atoms with Gasteiger partial charge in [0.15, 0.2) is 0 Å². The van der Waals surface area contributed by atoms with E-state index in [9.17, 15) is 0 Å². The molecule has 0 radical (unpaired) electrons. The average Bonchev–Trinajstić information content (AvgIpc) is 3.14. The molecule has 0 N–H and O–H groups in total. The molecular weight excluding hydrogens is 641 g/mol. The zero-order valence-electron chi connectivity index (χ0n) is 32.7.